The lowest BCUT2D eigenvalue weighted by atomic mass is 9.81. The van der Waals surface area contributed by atoms with Gasteiger partial charge in [0.15, 0.2) is 5.78 Å². The molecule has 8 heteroatoms. The second-order valence-electron chi connectivity index (χ2n) is 12.4. The number of Topliss-reactive ketones (excluding diaryl/α,β-unsaturated/α-hetero) is 1. The van der Waals surface area contributed by atoms with E-state index in [9.17, 15) is 24.0 Å². The summed E-state index contributed by atoms with van der Waals surface area (Å²) in [6, 6.07) is 31.6. The highest BCUT2D eigenvalue weighted by Crippen LogP contribution is 2.41. The molecule has 1 unspecified atom stereocenters. The summed E-state index contributed by atoms with van der Waals surface area (Å²) < 4.78 is 6.17. The summed E-state index contributed by atoms with van der Waals surface area (Å²) in [7, 11) is 0. The summed E-state index contributed by atoms with van der Waals surface area (Å²) in [5, 5.41) is 0. The van der Waals surface area contributed by atoms with Crippen LogP contribution in [0.5, 0.6) is 11.5 Å². The van der Waals surface area contributed by atoms with Crippen molar-refractivity contribution in [1.82, 2.24) is 4.90 Å². The number of carbonyl (C=O) groups is 5. The molecule has 0 saturated heterocycles. The first-order valence-electron chi connectivity index (χ1n) is 15.7. The molecular formula is C40H28N2O6. The summed E-state index contributed by atoms with van der Waals surface area (Å²) in [6.07, 6.45) is 0.858. The highest BCUT2D eigenvalue weighted by molar-refractivity contribution is 6.34. The molecule has 0 spiro atoms. The molecule has 5 aromatic carbocycles. The van der Waals surface area contributed by atoms with E-state index in [2.05, 4.69) is 0 Å². The van der Waals surface area contributed by atoms with Gasteiger partial charge in [-0.15, -0.1) is 0 Å². The second-order valence-corrected chi connectivity index (χ2v) is 12.4. The number of hydrogen-bond donors (Lipinski definition) is 0. The van der Waals surface area contributed by atoms with Gasteiger partial charge in [0.2, 0.25) is 0 Å². The zero-order valence-corrected chi connectivity index (χ0v) is 26.2. The van der Waals surface area contributed by atoms with Gasteiger partial charge in [0.25, 0.3) is 23.6 Å². The van der Waals surface area contributed by atoms with E-state index in [1.54, 1.807) is 72.8 Å². The molecule has 2 heterocycles. The van der Waals surface area contributed by atoms with Gasteiger partial charge >= 0.3 is 0 Å². The third kappa shape index (κ3) is 4.26. The van der Waals surface area contributed by atoms with Crippen LogP contribution in [0.15, 0.2) is 109 Å². The van der Waals surface area contributed by atoms with Crippen LogP contribution >= 0.6 is 0 Å². The molecule has 4 amide bonds. The lowest BCUT2D eigenvalue weighted by Crippen LogP contribution is -2.47. The number of carbonyl (C=O) groups excluding carboxylic acids is 5. The quantitative estimate of drug-likeness (QED) is 0.171. The monoisotopic (exact) mass is 632 g/mol. The maximum atomic E-state index is 13.5. The number of imide groups is 2. The predicted molar refractivity (Wildman–Crippen MR) is 179 cm³/mol. The Morgan fingerprint density at radius 2 is 1.23 bits per heavy atom. The first-order chi connectivity index (χ1) is 23.2. The summed E-state index contributed by atoms with van der Waals surface area (Å²) in [4.78, 5) is 68.1. The fraction of sp³-hybridized carbons (Fsp3) is 0.125. The molecule has 5 aromatic rings. The molecular weight excluding hydrogens is 604 g/mol. The highest BCUT2D eigenvalue weighted by atomic mass is 16.5. The summed E-state index contributed by atoms with van der Waals surface area (Å²) >= 11 is 0. The van der Waals surface area contributed by atoms with Crippen LogP contribution in [0.4, 0.5) is 5.69 Å². The van der Waals surface area contributed by atoms with Gasteiger partial charge in [-0.25, -0.2) is 4.90 Å². The zero-order chi connectivity index (χ0) is 33.3. The van der Waals surface area contributed by atoms with E-state index < -0.39 is 17.4 Å². The zero-order valence-electron chi connectivity index (χ0n) is 26.2. The summed E-state index contributed by atoms with van der Waals surface area (Å²) in [5.74, 6) is -0.395. The van der Waals surface area contributed by atoms with Gasteiger partial charge in [-0.3, -0.25) is 28.9 Å². The Morgan fingerprint density at radius 3 is 1.92 bits per heavy atom. The Balaban J connectivity index is 1.02. The van der Waals surface area contributed by atoms with Crippen LogP contribution < -0.4 is 9.64 Å². The van der Waals surface area contributed by atoms with E-state index in [4.69, 9.17) is 4.74 Å². The van der Waals surface area contributed by atoms with Crippen molar-refractivity contribution < 1.29 is 28.7 Å². The molecule has 3 aliphatic rings. The molecule has 48 heavy (non-hydrogen) atoms. The second kappa shape index (κ2) is 10.7. The average molecular weight is 633 g/mol. The van der Waals surface area contributed by atoms with Crippen molar-refractivity contribution in [2.45, 2.75) is 32.2 Å². The molecule has 234 valence electrons. The van der Waals surface area contributed by atoms with E-state index in [0.717, 1.165) is 27.2 Å². The number of nitrogens with zero attached hydrogens (tertiary/aromatic N) is 2. The fourth-order valence-electron chi connectivity index (χ4n) is 6.92. The van der Waals surface area contributed by atoms with Crippen LogP contribution in [0.3, 0.4) is 0 Å². The predicted octanol–water partition coefficient (Wildman–Crippen LogP) is 7.61. The van der Waals surface area contributed by atoms with E-state index in [1.807, 2.05) is 50.2 Å². The number of hydrogen-bond acceptors (Lipinski definition) is 6. The molecule has 8 nitrogen and oxygen atoms in total. The lowest BCUT2D eigenvalue weighted by molar-refractivity contribution is 0.0434. The molecule has 0 saturated carbocycles. The minimum atomic E-state index is -0.916. The molecule has 0 aromatic heterocycles. The number of amides is 4. The molecule has 0 fully saturated rings. The first kappa shape index (κ1) is 29.3. The van der Waals surface area contributed by atoms with Crippen molar-refractivity contribution in [1.29, 1.82) is 0 Å². The highest BCUT2D eigenvalue weighted by Gasteiger charge is 2.46. The van der Waals surface area contributed by atoms with E-state index in [1.165, 1.54) is 4.90 Å². The van der Waals surface area contributed by atoms with Gasteiger partial charge < -0.3 is 4.74 Å². The number of ketones is 1. The van der Waals surface area contributed by atoms with Gasteiger partial charge in [-0.05, 0) is 96.3 Å². The van der Waals surface area contributed by atoms with E-state index in [0.29, 0.717) is 57.8 Å². The number of benzene rings is 5. The minimum absolute atomic E-state index is 0.103. The Labute approximate surface area is 276 Å². The van der Waals surface area contributed by atoms with Crippen molar-refractivity contribution in [2.75, 3.05) is 4.90 Å². The molecule has 1 aliphatic carbocycles. The summed E-state index contributed by atoms with van der Waals surface area (Å²) in [5.41, 5.74) is 5.01. The third-order valence-electron chi connectivity index (χ3n) is 9.77. The van der Waals surface area contributed by atoms with Gasteiger partial charge in [0.1, 0.15) is 11.5 Å². The standard InChI is InChI=1S/C40H28N2O6/c1-3-40(2,42-38(46)30-10-4-5-11-31(30)39(42)47)24-8-6-9-27(21-24)48-26-17-15-25(16-18-26)41-36(44)32-19-14-23(20-34(32)37(41)45)28-12-7-13-29-33(28)22-35(29)43/h4-21H,3,22H2,1-2H3. The van der Waals surface area contributed by atoms with Crippen molar-refractivity contribution in [3.05, 3.63) is 148 Å². The first-order valence-corrected chi connectivity index (χ1v) is 15.7. The van der Waals surface area contributed by atoms with E-state index in [-0.39, 0.29) is 17.6 Å². The van der Waals surface area contributed by atoms with Gasteiger partial charge in [-0.2, -0.15) is 0 Å². The fourth-order valence-corrected chi connectivity index (χ4v) is 6.92. The Bertz CT molecular complexity index is 2220. The lowest BCUT2D eigenvalue weighted by Gasteiger charge is -2.37. The largest absolute Gasteiger partial charge is 0.457 e. The van der Waals surface area contributed by atoms with Gasteiger partial charge in [0, 0.05) is 12.0 Å². The number of anilines is 1. The number of fused-ring (bicyclic) bond motifs is 3. The van der Waals surface area contributed by atoms with Gasteiger partial charge in [0.05, 0.1) is 33.5 Å². The van der Waals surface area contributed by atoms with Crippen LogP contribution in [-0.4, -0.2) is 34.3 Å². The van der Waals surface area contributed by atoms with Crippen molar-refractivity contribution in [2.24, 2.45) is 0 Å². The maximum absolute atomic E-state index is 13.5. The minimum Gasteiger partial charge on any atom is -0.457 e. The third-order valence-corrected chi connectivity index (χ3v) is 9.77. The summed E-state index contributed by atoms with van der Waals surface area (Å²) in [6.45, 7) is 3.81. The van der Waals surface area contributed by atoms with E-state index >= 15 is 0 Å². The smallest absolute Gasteiger partial charge is 0.266 e. The molecule has 2 aliphatic heterocycles. The van der Waals surface area contributed by atoms with Crippen molar-refractivity contribution >= 4 is 35.1 Å². The van der Waals surface area contributed by atoms with Crippen LogP contribution in [0.2, 0.25) is 0 Å². The number of rotatable bonds is 7. The van der Waals surface area contributed by atoms with Crippen LogP contribution in [0.1, 0.15) is 83.2 Å². The topological polar surface area (TPSA) is 101 Å². The normalized spacial score (nSPS) is 16.0. The van der Waals surface area contributed by atoms with Crippen LogP contribution in [0.25, 0.3) is 11.1 Å². The molecule has 0 N–H and O–H groups in total. The van der Waals surface area contributed by atoms with Crippen molar-refractivity contribution in [3.8, 4) is 22.6 Å². The Hall–Kier alpha value is -6.15. The molecule has 0 radical (unpaired) electrons. The van der Waals surface area contributed by atoms with Gasteiger partial charge in [-0.1, -0.05) is 55.5 Å². The SMILES string of the molecule is CCC(C)(c1cccc(Oc2ccc(N3C(=O)c4ccc(-c5cccc6c5CC6=O)cc4C3=O)cc2)c1)N1C(=O)c2ccccc2C1=O. The van der Waals surface area contributed by atoms with Crippen LogP contribution in [0, 0.1) is 0 Å². The van der Waals surface area contributed by atoms with Crippen LogP contribution in [-0.2, 0) is 12.0 Å². The molecule has 0 bridgehead atoms. The maximum Gasteiger partial charge on any atom is 0.266 e. The Kier molecular flexibility index (Phi) is 6.53. The average Bonchev–Trinajstić information content (AvgIpc) is 3.51. The molecule has 1 atom stereocenters. The molecule has 8 rings (SSSR count). The number of ether oxygens (including phenoxy) is 1. The Morgan fingerprint density at radius 1 is 0.604 bits per heavy atom. The van der Waals surface area contributed by atoms with Crippen molar-refractivity contribution in [3.63, 3.8) is 0 Å².